The van der Waals surface area contributed by atoms with Crippen molar-refractivity contribution in [3.8, 4) is 5.75 Å². The Bertz CT molecular complexity index is 368. The van der Waals surface area contributed by atoms with Crippen molar-refractivity contribution in [3.63, 3.8) is 0 Å². The zero-order valence-corrected chi connectivity index (χ0v) is 7.27. The van der Waals surface area contributed by atoms with Crippen LogP contribution < -0.4 is 5.11 Å². The summed E-state index contributed by atoms with van der Waals surface area (Å²) in [5.41, 5.74) is -0.318. The smallest absolute Gasteiger partial charge is 0.335 e. The second-order valence-electron chi connectivity index (χ2n) is 2.77. The van der Waals surface area contributed by atoms with Crippen LogP contribution in [0.3, 0.4) is 0 Å². The van der Waals surface area contributed by atoms with Gasteiger partial charge in [0.2, 0.25) is 0 Å². The van der Waals surface area contributed by atoms with Crippen molar-refractivity contribution in [1.82, 2.24) is 0 Å². The molecule has 14 heavy (non-hydrogen) atoms. The molecule has 0 heterocycles. The highest BCUT2D eigenvalue weighted by molar-refractivity contribution is 5.95. The van der Waals surface area contributed by atoms with Crippen LogP contribution in [0.4, 0.5) is 0 Å². The van der Waals surface area contributed by atoms with E-state index >= 15 is 0 Å². The first-order valence-electron chi connectivity index (χ1n) is 3.71. The quantitative estimate of drug-likeness (QED) is 0.714. The van der Waals surface area contributed by atoms with Crippen molar-refractivity contribution in [1.29, 1.82) is 0 Å². The largest absolute Gasteiger partial charge is 0.872 e. The molecule has 0 fully saturated rings. The molecule has 0 amide bonds. The van der Waals surface area contributed by atoms with Gasteiger partial charge in [0.1, 0.15) is 0 Å². The van der Waals surface area contributed by atoms with Gasteiger partial charge in [0.25, 0.3) is 0 Å². The molecule has 5 nitrogen and oxygen atoms in total. The molecule has 74 valence electrons. The maximum atomic E-state index is 11.1. The number of benzene rings is 1. The summed E-state index contributed by atoms with van der Waals surface area (Å²) >= 11 is 0. The molecular formula is C9H7O5-. The lowest BCUT2D eigenvalue weighted by molar-refractivity contribution is -0.268. The highest BCUT2D eigenvalue weighted by Crippen LogP contribution is 2.19. The van der Waals surface area contributed by atoms with Gasteiger partial charge in [0, 0.05) is 0 Å². The molecule has 2 N–H and O–H groups in total. The molecule has 5 heteroatoms. The minimum Gasteiger partial charge on any atom is -0.872 e. The summed E-state index contributed by atoms with van der Waals surface area (Å²) in [6.07, 6.45) is 0. The van der Waals surface area contributed by atoms with Gasteiger partial charge < -0.3 is 15.3 Å². The molecule has 0 bridgehead atoms. The zero-order chi connectivity index (χ0) is 10.9. The predicted octanol–water partition coefficient (Wildman–Crippen LogP) is 0.465. The van der Waals surface area contributed by atoms with E-state index in [1.165, 1.54) is 6.92 Å². The van der Waals surface area contributed by atoms with Gasteiger partial charge in [-0.1, -0.05) is 11.8 Å². The van der Waals surface area contributed by atoms with Crippen LogP contribution in [0.1, 0.15) is 26.3 Å². The molecule has 0 spiro atoms. The van der Waals surface area contributed by atoms with Gasteiger partial charge in [0.05, 0.1) is 11.1 Å². The van der Waals surface area contributed by atoms with Crippen LogP contribution in [-0.2, 0) is 0 Å². The monoisotopic (exact) mass is 195 g/mol. The molecule has 0 saturated heterocycles. The average Bonchev–Trinajstić information content (AvgIpc) is 2.07. The van der Waals surface area contributed by atoms with Gasteiger partial charge in [-0.05, 0) is 18.6 Å². The Morgan fingerprint density at radius 1 is 1.14 bits per heavy atom. The average molecular weight is 195 g/mol. The van der Waals surface area contributed by atoms with Crippen molar-refractivity contribution < 1.29 is 24.9 Å². The lowest BCUT2D eigenvalue weighted by Crippen LogP contribution is -2.08. The van der Waals surface area contributed by atoms with Crippen molar-refractivity contribution in [3.05, 3.63) is 28.8 Å². The maximum absolute atomic E-state index is 11.1. The third-order valence-corrected chi connectivity index (χ3v) is 1.79. The number of hydrogen-bond acceptors (Lipinski definition) is 3. The van der Waals surface area contributed by atoms with E-state index in [2.05, 4.69) is 0 Å². The summed E-state index contributed by atoms with van der Waals surface area (Å²) in [6, 6.07) is 1.88. The molecule has 0 saturated carbocycles. The molecule has 0 unspecified atom stereocenters. The number of aryl methyl sites for hydroxylation is 1. The lowest BCUT2D eigenvalue weighted by Gasteiger charge is -2.12. The van der Waals surface area contributed by atoms with Gasteiger partial charge in [-0.25, -0.2) is 9.59 Å². The molecule has 0 aromatic heterocycles. The molecule has 1 aromatic rings. The molecule has 1 aromatic carbocycles. The summed E-state index contributed by atoms with van der Waals surface area (Å²) in [4.78, 5) is 21.1. The van der Waals surface area contributed by atoms with Crippen LogP contribution in [0.25, 0.3) is 0 Å². The second-order valence-corrected chi connectivity index (χ2v) is 2.77. The minimum atomic E-state index is -1.35. The van der Waals surface area contributed by atoms with E-state index in [4.69, 9.17) is 10.2 Å². The van der Waals surface area contributed by atoms with E-state index < -0.39 is 23.3 Å². The van der Waals surface area contributed by atoms with Gasteiger partial charge in [-0.3, -0.25) is 0 Å². The van der Waals surface area contributed by atoms with Crippen molar-refractivity contribution in [2.24, 2.45) is 0 Å². The Hall–Kier alpha value is -2.04. The number of rotatable bonds is 2. The van der Waals surface area contributed by atoms with Gasteiger partial charge >= 0.3 is 11.9 Å². The molecule has 1 rings (SSSR count). The van der Waals surface area contributed by atoms with Crippen LogP contribution in [-0.4, -0.2) is 22.2 Å². The first-order chi connectivity index (χ1) is 6.43. The fourth-order valence-corrected chi connectivity index (χ4v) is 1.09. The molecule has 0 aliphatic carbocycles. The second kappa shape index (κ2) is 3.37. The fourth-order valence-electron chi connectivity index (χ4n) is 1.09. The van der Waals surface area contributed by atoms with Crippen LogP contribution in [0.2, 0.25) is 0 Å². The van der Waals surface area contributed by atoms with E-state index in [1.807, 2.05) is 0 Å². The minimum absolute atomic E-state index is 0.167. The normalized spacial score (nSPS) is 9.79. The van der Waals surface area contributed by atoms with Crippen LogP contribution in [0.5, 0.6) is 5.75 Å². The van der Waals surface area contributed by atoms with E-state index in [0.29, 0.717) is 0 Å². The maximum Gasteiger partial charge on any atom is 0.335 e. The SMILES string of the molecule is Cc1cc(C(=O)O)c([O-])cc1C(=O)O. The first-order valence-corrected chi connectivity index (χ1v) is 3.71. The number of carboxylic acid groups (broad SMARTS) is 2. The summed E-state index contributed by atoms with van der Waals surface area (Å²) in [6.45, 7) is 1.44. The van der Waals surface area contributed by atoms with Gasteiger partial charge in [-0.2, -0.15) is 0 Å². The number of hydrogen-bond donors (Lipinski definition) is 2. The summed E-state index contributed by atoms with van der Waals surface area (Å²) < 4.78 is 0. The number of aromatic carboxylic acids is 2. The Morgan fingerprint density at radius 2 is 1.64 bits per heavy atom. The Labute approximate surface area is 79.2 Å². The van der Waals surface area contributed by atoms with E-state index in [1.54, 1.807) is 0 Å². The third kappa shape index (κ3) is 1.66. The van der Waals surface area contributed by atoms with E-state index in [-0.39, 0.29) is 11.1 Å². The molecule has 0 radical (unpaired) electrons. The van der Waals surface area contributed by atoms with Crippen LogP contribution in [0, 0.1) is 6.92 Å². The molecule has 0 atom stereocenters. The van der Waals surface area contributed by atoms with Crippen molar-refractivity contribution >= 4 is 11.9 Å². The first kappa shape index (κ1) is 10.0. The highest BCUT2D eigenvalue weighted by atomic mass is 16.4. The topological polar surface area (TPSA) is 97.7 Å². The Morgan fingerprint density at radius 3 is 2.07 bits per heavy atom. The summed E-state index contributed by atoms with van der Waals surface area (Å²) in [7, 11) is 0. The molecular weight excluding hydrogens is 188 g/mol. The molecule has 0 aliphatic rings. The van der Waals surface area contributed by atoms with Crippen molar-refractivity contribution in [2.45, 2.75) is 6.92 Å². The third-order valence-electron chi connectivity index (χ3n) is 1.79. The van der Waals surface area contributed by atoms with Crippen LogP contribution in [0.15, 0.2) is 12.1 Å². The van der Waals surface area contributed by atoms with E-state index in [0.717, 1.165) is 12.1 Å². The predicted molar refractivity (Wildman–Crippen MR) is 44.5 cm³/mol. The standard InChI is InChI=1S/C9H8O5/c1-4-2-6(9(13)14)7(10)3-5(4)8(11)12/h2-3,10H,1H3,(H,11,12)(H,13,14)/p-1. The van der Waals surface area contributed by atoms with E-state index in [9.17, 15) is 14.7 Å². The number of carboxylic acids is 2. The van der Waals surface area contributed by atoms with Crippen LogP contribution >= 0.6 is 0 Å². The zero-order valence-electron chi connectivity index (χ0n) is 7.27. The number of carbonyl (C=O) groups is 2. The Kier molecular flexibility index (Phi) is 2.42. The fraction of sp³-hybridized carbons (Fsp3) is 0.111. The molecule has 0 aliphatic heterocycles. The summed E-state index contributed by atoms with van der Waals surface area (Å²) in [5, 5.41) is 28.3. The van der Waals surface area contributed by atoms with Gasteiger partial charge in [-0.15, -0.1) is 0 Å². The Balaban J connectivity index is 3.38. The van der Waals surface area contributed by atoms with Crippen molar-refractivity contribution in [2.75, 3.05) is 0 Å². The highest BCUT2D eigenvalue weighted by Gasteiger charge is 2.11. The lowest BCUT2D eigenvalue weighted by atomic mass is 10.0. The summed E-state index contributed by atoms with van der Waals surface area (Å²) in [5.74, 6) is -3.38. The van der Waals surface area contributed by atoms with Gasteiger partial charge in [0.15, 0.2) is 0 Å².